The zero-order chi connectivity index (χ0) is 23.5. The summed E-state index contributed by atoms with van der Waals surface area (Å²) in [5.41, 5.74) is 5.15. The number of halogens is 1. The lowest BCUT2D eigenvalue weighted by Gasteiger charge is -2.38. The van der Waals surface area contributed by atoms with Crippen LogP contribution in [0.5, 0.6) is 11.5 Å². The molecule has 0 aromatic heterocycles. The molecular formula is C28H30FNO3. The summed E-state index contributed by atoms with van der Waals surface area (Å²) in [4.78, 5) is 15.2. The Morgan fingerprint density at radius 2 is 1.61 bits per heavy atom. The van der Waals surface area contributed by atoms with Crippen LogP contribution in [0.3, 0.4) is 0 Å². The number of rotatable bonds is 7. The lowest BCUT2D eigenvalue weighted by Crippen LogP contribution is -2.41. The number of aryl methyl sites for hydroxylation is 2. The zero-order valence-electron chi connectivity index (χ0n) is 19.7. The molecule has 3 aromatic carbocycles. The molecule has 5 heteroatoms. The van der Waals surface area contributed by atoms with Crippen LogP contribution in [0.1, 0.15) is 54.6 Å². The second kappa shape index (κ2) is 9.65. The number of anilines is 1. The van der Waals surface area contributed by atoms with Crippen molar-refractivity contribution in [1.82, 2.24) is 0 Å². The largest absolute Gasteiger partial charge is 0.490 e. The maximum atomic E-state index is 14.5. The van der Waals surface area contributed by atoms with E-state index in [-0.39, 0.29) is 18.1 Å². The summed E-state index contributed by atoms with van der Waals surface area (Å²) in [6.07, 6.45) is 1.14. The fourth-order valence-electron chi connectivity index (χ4n) is 4.38. The predicted octanol–water partition coefficient (Wildman–Crippen LogP) is 6.17. The van der Waals surface area contributed by atoms with Gasteiger partial charge in [0.05, 0.1) is 25.7 Å². The first-order valence-corrected chi connectivity index (χ1v) is 11.6. The van der Waals surface area contributed by atoms with Crippen LogP contribution in [0, 0.1) is 12.7 Å². The molecule has 0 unspecified atom stereocenters. The highest BCUT2D eigenvalue weighted by atomic mass is 19.1. The summed E-state index contributed by atoms with van der Waals surface area (Å²) in [6, 6.07) is 16.8. The number of hydrogen-bond acceptors (Lipinski definition) is 3. The third kappa shape index (κ3) is 4.45. The smallest absolute Gasteiger partial charge is 0.232 e. The molecule has 1 atom stereocenters. The molecule has 4 nitrogen and oxygen atoms in total. The second-order valence-electron chi connectivity index (χ2n) is 8.24. The highest BCUT2D eigenvalue weighted by molar-refractivity contribution is 5.98. The van der Waals surface area contributed by atoms with Crippen LogP contribution in [0.15, 0.2) is 54.6 Å². The minimum atomic E-state index is -0.399. The molecule has 1 aliphatic rings. The Labute approximate surface area is 195 Å². The number of fused-ring (bicyclic) bond motifs is 1. The van der Waals surface area contributed by atoms with Gasteiger partial charge >= 0.3 is 0 Å². The van der Waals surface area contributed by atoms with Crippen molar-refractivity contribution in [2.45, 2.75) is 46.6 Å². The molecule has 0 saturated heterocycles. The summed E-state index contributed by atoms with van der Waals surface area (Å²) in [7, 11) is 0. The normalized spacial score (nSPS) is 15.4. The summed E-state index contributed by atoms with van der Waals surface area (Å²) in [5, 5.41) is 0. The lowest BCUT2D eigenvalue weighted by molar-refractivity contribution is -0.118. The van der Waals surface area contributed by atoms with Crippen LogP contribution in [-0.2, 0) is 17.6 Å². The van der Waals surface area contributed by atoms with E-state index >= 15 is 0 Å². The van der Waals surface area contributed by atoms with Gasteiger partial charge in [-0.15, -0.1) is 0 Å². The van der Waals surface area contributed by atoms with Gasteiger partial charge in [-0.1, -0.05) is 37.3 Å². The van der Waals surface area contributed by atoms with Crippen molar-refractivity contribution >= 4 is 11.6 Å². The van der Waals surface area contributed by atoms with Crippen molar-refractivity contribution < 1.29 is 18.7 Å². The minimum absolute atomic E-state index is 0.0815. The van der Waals surface area contributed by atoms with Gasteiger partial charge in [0.2, 0.25) is 5.91 Å². The average molecular weight is 448 g/mol. The molecule has 0 aliphatic carbocycles. The number of carbonyl (C=O) groups excluding carboxylic acids is 1. The van der Waals surface area contributed by atoms with E-state index in [1.807, 2.05) is 32.0 Å². The van der Waals surface area contributed by atoms with E-state index in [2.05, 4.69) is 31.2 Å². The molecule has 0 bridgehead atoms. The van der Waals surface area contributed by atoms with E-state index < -0.39 is 6.04 Å². The topological polar surface area (TPSA) is 38.8 Å². The van der Waals surface area contributed by atoms with Crippen LogP contribution in [0.25, 0.3) is 0 Å². The Kier molecular flexibility index (Phi) is 6.68. The first kappa shape index (κ1) is 22.8. The van der Waals surface area contributed by atoms with E-state index in [1.165, 1.54) is 11.6 Å². The Balaban J connectivity index is 1.92. The quantitative estimate of drug-likeness (QED) is 0.435. The molecule has 4 rings (SSSR count). The molecule has 0 saturated carbocycles. The standard InChI is InChI=1S/C28H30FNO3/c1-5-19-9-11-20(12-10-19)28-23-17-26(33-7-3)25(32-6-2)14-21(23)15-27(31)30(28)22-13-8-18(4)24(29)16-22/h8-14,16-17,28H,5-7,15H2,1-4H3/t28-/m1/s1. The zero-order valence-corrected chi connectivity index (χ0v) is 19.7. The summed E-state index contributed by atoms with van der Waals surface area (Å²) >= 11 is 0. The molecular weight excluding hydrogens is 417 g/mol. The van der Waals surface area contributed by atoms with Gasteiger partial charge in [0.25, 0.3) is 0 Å². The van der Waals surface area contributed by atoms with Crippen molar-refractivity contribution in [2.75, 3.05) is 18.1 Å². The van der Waals surface area contributed by atoms with Gasteiger partial charge in [-0.3, -0.25) is 4.79 Å². The van der Waals surface area contributed by atoms with E-state index in [9.17, 15) is 9.18 Å². The van der Waals surface area contributed by atoms with Crippen LogP contribution >= 0.6 is 0 Å². The Hall–Kier alpha value is -3.34. The fourth-order valence-corrected chi connectivity index (χ4v) is 4.38. The number of ether oxygens (including phenoxy) is 2. The highest BCUT2D eigenvalue weighted by Gasteiger charge is 2.36. The first-order chi connectivity index (χ1) is 16.0. The van der Waals surface area contributed by atoms with Gasteiger partial charge in [0, 0.05) is 5.69 Å². The average Bonchev–Trinajstić information content (AvgIpc) is 2.81. The number of hydrogen-bond donors (Lipinski definition) is 0. The Morgan fingerprint density at radius 1 is 0.939 bits per heavy atom. The van der Waals surface area contributed by atoms with Gasteiger partial charge in [-0.25, -0.2) is 4.39 Å². The van der Waals surface area contributed by atoms with E-state index in [0.29, 0.717) is 36.0 Å². The molecule has 172 valence electrons. The number of amides is 1. The van der Waals surface area contributed by atoms with Gasteiger partial charge < -0.3 is 14.4 Å². The van der Waals surface area contributed by atoms with Crippen LogP contribution in [0.2, 0.25) is 0 Å². The molecule has 0 N–H and O–H groups in total. The second-order valence-corrected chi connectivity index (χ2v) is 8.24. The monoisotopic (exact) mass is 447 g/mol. The van der Waals surface area contributed by atoms with Gasteiger partial charge in [0.1, 0.15) is 5.82 Å². The maximum absolute atomic E-state index is 14.5. The molecule has 0 spiro atoms. The lowest BCUT2D eigenvalue weighted by atomic mass is 9.86. The molecule has 0 fully saturated rings. The van der Waals surface area contributed by atoms with Crippen molar-refractivity contribution in [3.63, 3.8) is 0 Å². The SMILES string of the molecule is CCOc1cc2c(cc1OCC)[C@@H](c1ccc(CC)cc1)N(c1ccc(C)c(F)c1)C(=O)C2. The summed E-state index contributed by atoms with van der Waals surface area (Å²) in [6.45, 7) is 8.69. The first-order valence-electron chi connectivity index (χ1n) is 11.6. The van der Waals surface area contributed by atoms with Gasteiger partial charge in [0.15, 0.2) is 11.5 Å². The molecule has 33 heavy (non-hydrogen) atoms. The third-order valence-corrected chi connectivity index (χ3v) is 6.11. The number of nitrogens with zero attached hydrogens (tertiary/aromatic N) is 1. The van der Waals surface area contributed by atoms with Crippen molar-refractivity contribution in [2.24, 2.45) is 0 Å². The number of carbonyl (C=O) groups is 1. The fraction of sp³-hybridized carbons (Fsp3) is 0.321. The van der Waals surface area contributed by atoms with Crippen molar-refractivity contribution in [3.8, 4) is 11.5 Å². The van der Waals surface area contributed by atoms with Crippen LogP contribution in [0.4, 0.5) is 10.1 Å². The Morgan fingerprint density at radius 3 is 2.21 bits per heavy atom. The van der Waals surface area contributed by atoms with E-state index in [4.69, 9.17) is 9.47 Å². The molecule has 1 aliphatic heterocycles. The Bertz CT molecular complexity index is 1160. The predicted molar refractivity (Wildman–Crippen MR) is 129 cm³/mol. The molecule has 1 amide bonds. The summed E-state index contributed by atoms with van der Waals surface area (Å²) < 4.78 is 26.2. The number of benzene rings is 3. The van der Waals surface area contributed by atoms with Crippen molar-refractivity contribution in [3.05, 3.63) is 88.2 Å². The van der Waals surface area contributed by atoms with Crippen LogP contribution < -0.4 is 14.4 Å². The van der Waals surface area contributed by atoms with E-state index in [1.54, 1.807) is 17.9 Å². The van der Waals surface area contributed by atoms with Gasteiger partial charge in [-0.2, -0.15) is 0 Å². The molecule has 0 radical (unpaired) electrons. The maximum Gasteiger partial charge on any atom is 0.232 e. The molecule has 1 heterocycles. The van der Waals surface area contributed by atoms with Gasteiger partial charge in [-0.05, 0) is 79.3 Å². The minimum Gasteiger partial charge on any atom is -0.490 e. The summed E-state index contributed by atoms with van der Waals surface area (Å²) in [5.74, 6) is 0.883. The van der Waals surface area contributed by atoms with Crippen molar-refractivity contribution in [1.29, 1.82) is 0 Å². The highest BCUT2D eigenvalue weighted by Crippen LogP contribution is 2.43. The third-order valence-electron chi connectivity index (χ3n) is 6.11. The van der Waals surface area contributed by atoms with E-state index in [0.717, 1.165) is 23.1 Å². The van der Waals surface area contributed by atoms with Crippen LogP contribution in [-0.4, -0.2) is 19.1 Å². The molecule has 3 aromatic rings.